The monoisotopic (exact) mass is 417 g/mol. The Morgan fingerprint density at radius 2 is 1.84 bits per heavy atom. The van der Waals surface area contributed by atoms with Crippen LogP contribution in [0.3, 0.4) is 0 Å². The number of carbonyl (C=O) groups excluding carboxylic acids is 1. The maximum atomic E-state index is 13.2. The number of hydrogen-bond acceptors (Lipinski definition) is 6. The molecule has 0 saturated heterocycles. The van der Waals surface area contributed by atoms with Gasteiger partial charge < -0.3 is 18.9 Å². The van der Waals surface area contributed by atoms with Crippen molar-refractivity contribution in [2.24, 2.45) is 0 Å². The summed E-state index contributed by atoms with van der Waals surface area (Å²) in [5.41, 5.74) is 1.71. The summed E-state index contributed by atoms with van der Waals surface area (Å²) in [5, 5.41) is 14.1. The lowest BCUT2D eigenvalue weighted by atomic mass is 10.0. The first-order valence-electron chi connectivity index (χ1n) is 10.1. The Hall–Kier alpha value is -3.87. The Morgan fingerprint density at radius 1 is 1.06 bits per heavy atom. The van der Waals surface area contributed by atoms with Gasteiger partial charge in [0.1, 0.15) is 5.75 Å². The van der Waals surface area contributed by atoms with E-state index in [1.54, 1.807) is 29.2 Å². The SMILES string of the molecule is C[C@@H](c1ccccc1)N(Cc1ccccc1O)C(=O)CCc1nc(-c2ccco2)no1. The van der Waals surface area contributed by atoms with Crippen LogP contribution in [0.4, 0.5) is 0 Å². The first-order valence-corrected chi connectivity index (χ1v) is 10.1. The summed E-state index contributed by atoms with van der Waals surface area (Å²) in [5.74, 6) is 1.34. The number of carbonyl (C=O) groups is 1. The quantitative estimate of drug-likeness (QED) is 0.444. The van der Waals surface area contributed by atoms with Crippen LogP contribution in [0.1, 0.15) is 36.4 Å². The number of nitrogens with zero attached hydrogens (tertiary/aromatic N) is 3. The minimum atomic E-state index is -0.172. The molecule has 158 valence electrons. The van der Waals surface area contributed by atoms with Crippen LogP contribution in [0.25, 0.3) is 11.6 Å². The van der Waals surface area contributed by atoms with Crippen molar-refractivity contribution in [2.75, 3.05) is 0 Å². The molecule has 31 heavy (non-hydrogen) atoms. The summed E-state index contributed by atoms with van der Waals surface area (Å²) in [4.78, 5) is 19.3. The Labute approximate surface area is 179 Å². The van der Waals surface area contributed by atoms with E-state index in [-0.39, 0.29) is 24.1 Å². The molecule has 0 saturated carbocycles. The van der Waals surface area contributed by atoms with Crippen LogP contribution in [0.15, 0.2) is 81.9 Å². The topological polar surface area (TPSA) is 92.6 Å². The molecule has 0 aliphatic heterocycles. The van der Waals surface area contributed by atoms with Gasteiger partial charge in [0.25, 0.3) is 0 Å². The van der Waals surface area contributed by atoms with Gasteiger partial charge in [-0.25, -0.2) is 0 Å². The third-order valence-corrected chi connectivity index (χ3v) is 5.16. The van der Waals surface area contributed by atoms with Crippen molar-refractivity contribution in [2.45, 2.75) is 32.4 Å². The van der Waals surface area contributed by atoms with Crippen molar-refractivity contribution in [3.63, 3.8) is 0 Å². The average molecular weight is 417 g/mol. The van der Waals surface area contributed by atoms with E-state index < -0.39 is 0 Å². The van der Waals surface area contributed by atoms with E-state index in [9.17, 15) is 9.90 Å². The number of aryl methyl sites for hydroxylation is 1. The van der Waals surface area contributed by atoms with E-state index in [2.05, 4.69) is 10.1 Å². The second kappa shape index (κ2) is 9.30. The molecule has 0 aliphatic rings. The van der Waals surface area contributed by atoms with Crippen molar-refractivity contribution >= 4 is 5.91 Å². The molecule has 2 heterocycles. The number of para-hydroxylation sites is 1. The number of benzene rings is 2. The summed E-state index contributed by atoms with van der Waals surface area (Å²) >= 11 is 0. The molecule has 7 nitrogen and oxygen atoms in total. The van der Waals surface area contributed by atoms with Crippen molar-refractivity contribution in [1.82, 2.24) is 15.0 Å². The molecule has 0 aliphatic carbocycles. The predicted octanol–water partition coefficient (Wildman–Crippen LogP) is 4.76. The van der Waals surface area contributed by atoms with Crippen LogP contribution in [0, 0.1) is 0 Å². The molecule has 1 N–H and O–H groups in total. The second-order valence-corrected chi connectivity index (χ2v) is 7.23. The van der Waals surface area contributed by atoms with Crippen LogP contribution in [-0.4, -0.2) is 26.1 Å². The maximum absolute atomic E-state index is 13.2. The molecule has 0 spiro atoms. The lowest BCUT2D eigenvalue weighted by Crippen LogP contribution is -2.33. The van der Waals surface area contributed by atoms with Crippen LogP contribution in [0.2, 0.25) is 0 Å². The third-order valence-electron chi connectivity index (χ3n) is 5.16. The van der Waals surface area contributed by atoms with E-state index in [0.717, 1.165) is 5.56 Å². The van der Waals surface area contributed by atoms with E-state index >= 15 is 0 Å². The van der Waals surface area contributed by atoms with E-state index in [1.165, 1.54) is 6.26 Å². The molecule has 7 heteroatoms. The molecule has 0 unspecified atom stereocenters. The molecule has 0 fully saturated rings. The first kappa shape index (κ1) is 20.4. The summed E-state index contributed by atoms with van der Waals surface area (Å²) in [7, 11) is 0. The minimum absolute atomic E-state index is 0.0719. The van der Waals surface area contributed by atoms with Crippen LogP contribution < -0.4 is 0 Å². The zero-order valence-corrected chi connectivity index (χ0v) is 17.1. The fourth-order valence-electron chi connectivity index (χ4n) is 3.40. The van der Waals surface area contributed by atoms with Gasteiger partial charge in [0.2, 0.25) is 17.6 Å². The highest BCUT2D eigenvalue weighted by atomic mass is 16.5. The number of phenols is 1. The highest BCUT2D eigenvalue weighted by molar-refractivity contribution is 5.77. The van der Waals surface area contributed by atoms with Gasteiger partial charge in [0, 0.05) is 24.9 Å². The Morgan fingerprint density at radius 3 is 2.58 bits per heavy atom. The predicted molar refractivity (Wildman–Crippen MR) is 114 cm³/mol. The lowest BCUT2D eigenvalue weighted by molar-refractivity contribution is -0.134. The van der Waals surface area contributed by atoms with Gasteiger partial charge in [-0.2, -0.15) is 4.98 Å². The number of aromatic hydroxyl groups is 1. The zero-order chi connectivity index (χ0) is 21.6. The fraction of sp³-hybridized carbons (Fsp3) is 0.208. The molecule has 2 aromatic heterocycles. The maximum Gasteiger partial charge on any atom is 0.238 e. The van der Waals surface area contributed by atoms with Crippen molar-refractivity contribution < 1.29 is 18.8 Å². The normalized spacial score (nSPS) is 11.9. The number of amides is 1. The van der Waals surface area contributed by atoms with Crippen LogP contribution >= 0.6 is 0 Å². The van der Waals surface area contributed by atoms with Gasteiger partial charge in [-0.05, 0) is 30.7 Å². The zero-order valence-electron chi connectivity index (χ0n) is 17.1. The average Bonchev–Trinajstić information content (AvgIpc) is 3.49. The fourth-order valence-corrected chi connectivity index (χ4v) is 3.40. The Balaban J connectivity index is 1.50. The lowest BCUT2D eigenvalue weighted by Gasteiger charge is -2.30. The van der Waals surface area contributed by atoms with Gasteiger partial charge in [-0.1, -0.05) is 53.7 Å². The summed E-state index contributed by atoms with van der Waals surface area (Å²) in [6.07, 6.45) is 2.05. The van der Waals surface area contributed by atoms with E-state index in [4.69, 9.17) is 8.94 Å². The molecule has 0 bridgehead atoms. The molecule has 4 aromatic rings. The standard InChI is InChI=1S/C24H23N3O4/c1-17(18-8-3-2-4-9-18)27(16-19-10-5-6-11-20(19)28)23(29)14-13-22-25-24(26-31-22)21-12-7-15-30-21/h2-12,15,17,28H,13-14,16H2,1H3/t17-/m0/s1. The van der Waals surface area contributed by atoms with Crippen molar-refractivity contribution in [3.8, 4) is 17.3 Å². The number of rotatable bonds is 8. The number of aromatic nitrogens is 2. The van der Waals surface area contributed by atoms with Crippen LogP contribution in [0.5, 0.6) is 5.75 Å². The highest BCUT2D eigenvalue weighted by Crippen LogP contribution is 2.27. The van der Waals surface area contributed by atoms with Crippen molar-refractivity contribution in [3.05, 3.63) is 90.0 Å². The Bertz CT molecular complexity index is 1120. The summed E-state index contributed by atoms with van der Waals surface area (Å²) in [6, 6.07) is 20.2. The molecule has 4 rings (SSSR count). The van der Waals surface area contributed by atoms with E-state index in [0.29, 0.717) is 36.0 Å². The molecule has 0 radical (unpaired) electrons. The summed E-state index contributed by atoms with van der Waals surface area (Å²) < 4.78 is 10.5. The molecule has 1 amide bonds. The number of hydrogen-bond donors (Lipinski definition) is 1. The number of furan rings is 1. The van der Waals surface area contributed by atoms with Gasteiger partial charge >= 0.3 is 0 Å². The Kier molecular flexibility index (Phi) is 6.12. The van der Waals surface area contributed by atoms with Gasteiger partial charge in [-0.3, -0.25) is 4.79 Å². The highest BCUT2D eigenvalue weighted by Gasteiger charge is 2.23. The number of phenolic OH excluding ortho intramolecular Hbond substituents is 1. The molecule has 2 aromatic carbocycles. The molecular formula is C24H23N3O4. The van der Waals surface area contributed by atoms with Gasteiger partial charge in [-0.15, -0.1) is 0 Å². The molecule has 1 atom stereocenters. The summed E-state index contributed by atoms with van der Waals surface area (Å²) in [6.45, 7) is 2.28. The first-order chi connectivity index (χ1) is 15.1. The van der Waals surface area contributed by atoms with E-state index in [1.807, 2.05) is 49.4 Å². The van der Waals surface area contributed by atoms with Crippen molar-refractivity contribution in [1.29, 1.82) is 0 Å². The largest absolute Gasteiger partial charge is 0.508 e. The smallest absolute Gasteiger partial charge is 0.238 e. The van der Waals surface area contributed by atoms with Gasteiger partial charge in [0.15, 0.2) is 5.76 Å². The second-order valence-electron chi connectivity index (χ2n) is 7.23. The molecular weight excluding hydrogens is 394 g/mol. The van der Waals surface area contributed by atoms with Crippen LogP contribution in [-0.2, 0) is 17.8 Å². The minimum Gasteiger partial charge on any atom is -0.508 e. The van der Waals surface area contributed by atoms with Gasteiger partial charge in [0.05, 0.1) is 12.3 Å². The third kappa shape index (κ3) is 4.83.